The predicted octanol–water partition coefficient (Wildman–Crippen LogP) is 6.04. The molecule has 2 rings (SSSR count). The van der Waals surface area contributed by atoms with Gasteiger partial charge in [-0.2, -0.15) is 0 Å². The van der Waals surface area contributed by atoms with E-state index in [0.29, 0.717) is 0 Å². The number of nitrogens with one attached hydrogen (secondary N) is 1. The maximum Gasteiger partial charge on any atom is 0.186 e. The minimum atomic E-state index is -0.153. The Labute approximate surface area is 140 Å². The summed E-state index contributed by atoms with van der Waals surface area (Å²) >= 11 is 0. The molecule has 0 saturated heterocycles. The van der Waals surface area contributed by atoms with Crippen LogP contribution in [0.5, 0.6) is 5.75 Å². The number of hydrogen-bond acceptors (Lipinski definition) is 1. The minimum Gasteiger partial charge on any atom is -0.381 e. The third kappa shape index (κ3) is 4.28. The highest BCUT2D eigenvalue weighted by molar-refractivity contribution is 5.51. The van der Waals surface area contributed by atoms with Crippen LogP contribution in [0.15, 0.2) is 42.5 Å². The van der Waals surface area contributed by atoms with Gasteiger partial charge in [0.15, 0.2) is 5.75 Å². The minimum absolute atomic E-state index is 0.153. The van der Waals surface area contributed by atoms with E-state index < -0.39 is 0 Å². The lowest BCUT2D eigenvalue weighted by Crippen LogP contribution is -2.18. The molecule has 0 bridgehead atoms. The Morgan fingerprint density at radius 1 is 0.826 bits per heavy atom. The van der Waals surface area contributed by atoms with Gasteiger partial charge in [0.2, 0.25) is 0 Å². The maximum absolute atomic E-state index is 12.9. The highest BCUT2D eigenvalue weighted by Crippen LogP contribution is 2.40. The molecule has 2 heteroatoms. The second kappa shape index (κ2) is 6.27. The van der Waals surface area contributed by atoms with Crippen LogP contribution in [-0.2, 0) is 22.5 Å². The molecule has 0 unspecified atom stereocenters. The van der Waals surface area contributed by atoms with Gasteiger partial charge in [-0.05, 0) is 40.7 Å². The molecule has 1 N–H and O–H groups in total. The molecule has 0 aromatic heterocycles. The van der Waals surface area contributed by atoms with E-state index in [1.165, 1.54) is 0 Å². The Balaban J connectivity index is 2.40. The van der Waals surface area contributed by atoms with Gasteiger partial charge in [0.25, 0.3) is 0 Å². The van der Waals surface area contributed by atoms with Crippen LogP contribution < -0.4 is 5.32 Å². The quantitative estimate of drug-likeness (QED) is 0.736. The highest BCUT2D eigenvalue weighted by Gasteiger charge is 2.27. The summed E-state index contributed by atoms with van der Waals surface area (Å²) < 4.78 is 0. The summed E-state index contributed by atoms with van der Waals surface area (Å²) in [6, 6.07) is 14.3. The molecule has 2 aromatic carbocycles. The van der Waals surface area contributed by atoms with Crippen molar-refractivity contribution in [3.63, 3.8) is 0 Å². The molecule has 0 aliphatic heterocycles. The molecule has 0 aliphatic carbocycles. The largest absolute Gasteiger partial charge is 0.381 e. The average molecular weight is 310 g/mol. The van der Waals surface area contributed by atoms with E-state index in [2.05, 4.69) is 71.1 Å². The molecule has 2 aromatic rings. The topological polar surface area (TPSA) is 31.9 Å². The molecule has 0 fully saturated rings. The van der Waals surface area contributed by atoms with Gasteiger partial charge in [-0.15, -0.1) is 0 Å². The Morgan fingerprint density at radius 2 is 1.30 bits per heavy atom. The molecule has 23 heavy (non-hydrogen) atoms. The van der Waals surface area contributed by atoms with Gasteiger partial charge in [-0.3, -0.25) is 5.11 Å². The second-order valence-electron chi connectivity index (χ2n) is 8.24. The Kier molecular flexibility index (Phi) is 4.74. The molecule has 1 radical (unpaired) electrons. The molecule has 0 heterocycles. The molecule has 0 spiro atoms. The van der Waals surface area contributed by atoms with E-state index >= 15 is 0 Å². The van der Waals surface area contributed by atoms with Crippen molar-refractivity contribution in [3.8, 4) is 5.75 Å². The molecule has 2 nitrogen and oxygen atoms in total. The van der Waals surface area contributed by atoms with Crippen molar-refractivity contribution in [2.75, 3.05) is 5.32 Å². The van der Waals surface area contributed by atoms with Crippen LogP contribution in [0.4, 0.5) is 5.69 Å². The molecule has 123 valence electrons. The summed E-state index contributed by atoms with van der Waals surface area (Å²) in [5.41, 5.74) is 3.74. The van der Waals surface area contributed by atoms with Crippen molar-refractivity contribution in [1.82, 2.24) is 0 Å². The van der Waals surface area contributed by atoms with Gasteiger partial charge < -0.3 is 5.32 Å². The Hall–Kier alpha value is -1.96. The molecule has 0 saturated carbocycles. The van der Waals surface area contributed by atoms with Crippen molar-refractivity contribution in [1.29, 1.82) is 0 Å². The normalized spacial score (nSPS) is 12.3. The molecule has 0 amide bonds. The summed E-state index contributed by atoms with van der Waals surface area (Å²) in [6.45, 7) is 13.3. The molecule has 0 aliphatic rings. The highest BCUT2D eigenvalue weighted by atomic mass is 16.3. The summed E-state index contributed by atoms with van der Waals surface area (Å²) in [6.07, 6.45) is 0. The van der Waals surface area contributed by atoms with Crippen molar-refractivity contribution >= 4 is 5.69 Å². The fraction of sp³-hybridized carbons (Fsp3) is 0.429. The average Bonchev–Trinajstić information content (AvgIpc) is 2.44. The summed E-state index contributed by atoms with van der Waals surface area (Å²) in [5.74, 6) is 0.188. The maximum atomic E-state index is 12.9. The SMILES string of the molecule is CC(C)(C)c1cc(CNc2ccccc2)cc(C(C)(C)C)c1[O]. The van der Waals surface area contributed by atoms with Crippen LogP contribution >= 0.6 is 0 Å². The van der Waals surface area contributed by atoms with Crippen LogP contribution in [0.25, 0.3) is 0 Å². The fourth-order valence-electron chi connectivity index (χ4n) is 2.67. The third-order valence-corrected chi connectivity index (χ3v) is 4.04. The van der Waals surface area contributed by atoms with Crippen molar-refractivity contribution in [2.24, 2.45) is 0 Å². The van der Waals surface area contributed by atoms with E-state index in [0.717, 1.165) is 28.9 Å². The lowest BCUT2D eigenvalue weighted by atomic mass is 9.78. The van der Waals surface area contributed by atoms with E-state index in [1.54, 1.807) is 0 Å². The molecule has 0 atom stereocenters. The standard InChI is InChI=1S/C21H28NO/c1-20(2,3)17-12-15(13-18(19(17)23)21(4,5)6)14-22-16-10-8-7-9-11-16/h7-13,22H,14H2,1-6H3. The zero-order chi connectivity index (χ0) is 17.3. The smallest absolute Gasteiger partial charge is 0.186 e. The van der Waals surface area contributed by atoms with Gasteiger partial charge in [0, 0.05) is 23.4 Å². The lowest BCUT2D eigenvalue weighted by molar-refractivity contribution is 0.327. The molecular weight excluding hydrogens is 282 g/mol. The van der Waals surface area contributed by atoms with Crippen LogP contribution in [-0.4, -0.2) is 0 Å². The van der Waals surface area contributed by atoms with E-state index in [9.17, 15) is 5.11 Å². The van der Waals surface area contributed by atoms with Crippen molar-refractivity contribution in [3.05, 3.63) is 59.2 Å². The van der Waals surface area contributed by atoms with Crippen molar-refractivity contribution < 1.29 is 5.11 Å². The van der Waals surface area contributed by atoms with Gasteiger partial charge in [-0.1, -0.05) is 59.7 Å². The Morgan fingerprint density at radius 3 is 1.74 bits per heavy atom. The second-order valence-corrected chi connectivity index (χ2v) is 8.24. The zero-order valence-electron chi connectivity index (χ0n) is 15.2. The lowest BCUT2D eigenvalue weighted by Gasteiger charge is -2.27. The first kappa shape index (κ1) is 17.4. The summed E-state index contributed by atoms with van der Waals surface area (Å²) in [5, 5.41) is 16.3. The Bertz CT molecular complexity index is 625. The zero-order valence-corrected chi connectivity index (χ0v) is 15.2. The van der Waals surface area contributed by atoms with Gasteiger partial charge in [0.05, 0.1) is 0 Å². The van der Waals surface area contributed by atoms with Crippen LogP contribution in [0.2, 0.25) is 0 Å². The number of benzene rings is 2. The molecular formula is C21H28NO. The monoisotopic (exact) mass is 310 g/mol. The number of anilines is 1. The van der Waals surface area contributed by atoms with Crippen LogP contribution in [0.3, 0.4) is 0 Å². The van der Waals surface area contributed by atoms with Crippen LogP contribution in [0.1, 0.15) is 58.2 Å². The number of hydrogen-bond donors (Lipinski definition) is 1. The van der Waals surface area contributed by atoms with Crippen LogP contribution in [0, 0.1) is 0 Å². The fourth-order valence-corrected chi connectivity index (χ4v) is 2.67. The van der Waals surface area contributed by atoms with E-state index in [-0.39, 0.29) is 16.6 Å². The number of rotatable bonds is 3. The van der Waals surface area contributed by atoms with Gasteiger partial charge in [0.1, 0.15) is 0 Å². The number of para-hydroxylation sites is 1. The summed E-state index contributed by atoms with van der Waals surface area (Å²) in [4.78, 5) is 0. The van der Waals surface area contributed by atoms with Gasteiger partial charge >= 0.3 is 0 Å². The first-order chi connectivity index (χ1) is 10.6. The summed E-state index contributed by atoms with van der Waals surface area (Å²) in [7, 11) is 0. The predicted molar refractivity (Wildman–Crippen MR) is 97.7 cm³/mol. The van der Waals surface area contributed by atoms with Crippen molar-refractivity contribution in [2.45, 2.75) is 58.9 Å². The van der Waals surface area contributed by atoms with E-state index in [4.69, 9.17) is 0 Å². The third-order valence-electron chi connectivity index (χ3n) is 4.04. The van der Waals surface area contributed by atoms with Gasteiger partial charge in [-0.25, -0.2) is 0 Å². The first-order valence-corrected chi connectivity index (χ1v) is 8.23. The van der Waals surface area contributed by atoms with E-state index in [1.807, 2.05) is 18.2 Å². The first-order valence-electron chi connectivity index (χ1n) is 8.23.